The summed E-state index contributed by atoms with van der Waals surface area (Å²) in [4.78, 5) is 9.96. The quantitative estimate of drug-likeness (QED) is 0.806. The highest BCUT2D eigenvalue weighted by Crippen LogP contribution is 2.34. The van der Waals surface area contributed by atoms with Gasteiger partial charge in [0.2, 0.25) is 5.91 Å². The molecular formula is C11H12F4N2O3S. The van der Waals surface area contributed by atoms with E-state index in [9.17, 15) is 30.8 Å². The van der Waals surface area contributed by atoms with Gasteiger partial charge in [-0.15, -0.1) is 0 Å². The van der Waals surface area contributed by atoms with Gasteiger partial charge in [-0.05, 0) is 25.1 Å². The second kappa shape index (κ2) is 6.29. The predicted molar refractivity (Wildman–Crippen MR) is 66.8 cm³/mol. The Balaban J connectivity index is 3.15. The van der Waals surface area contributed by atoms with Crippen molar-refractivity contribution in [1.82, 2.24) is 5.32 Å². The zero-order valence-electron chi connectivity index (χ0n) is 10.8. The lowest BCUT2D eigenvalue weighted by Crippen LogP contribution is -2.30. The Morgan fingerprint density at radius 3 is 2.43 bits per heavy atom. The maximum absolute atomic E-state index is 13.0. The molecule has 1 aromatic rings. The first-order valence-corrected chi connectivity index (χ1v) is 7.19. The molecule has 0 aliphatic heterocycles. The molecule has 0 saturated carbocycles. The second-order valence-electron chi connectivity index (χ2n) is 3.90. The molecule has 0 heterocycles. The Kier molecular flexibility index (Phi) is 5.15. The van der Waals surface area contributed by atoms with Gasteiger partial charge in [-0.25, -0.2) is 12.8 Å². The van der Waals surface area contributed by atoms with Crippen molar-refractivity contribution in [3.8, 4) is 0 Å². The highest BCUT2D eigenvalue weighted by Gasteiger charge is 2.48. The van der Waals surface area contributed by atoms with Crippen molar-refractivity contribution < 1.29 is 30.8 Å². The summed E-state index contributed by atoms with van der Waals surface area (Å²) in [5, 5.41) is 4.61. The number of hydrogen-bond donors (Lipinski definition) is 2. The van der Waals surface area contributed by atoms with Gasteiger partial charge >= 0.3 is 5.51 Å². The van der Waals surface area contributed by atoms with Crippen LogP contribution >= 0.6 is 0 Å². The van der Waals surface area contributed by atoms with E-state index in [1.807, 2.05) is 0 Å². The third-order valence-corrected chi connectivity index (χ3v) is 3.88. The van der Waals surface area contributed by atoms with E-state index in [1.54, 1.807) is 6.92 Å². The van der Waals surface area contributed by atoms with Gasteiger partial charge in [-0.1, -0.05) is 0 Å². The third-order valence-electron chi connectivity index (χ3n) is 2.35. The van der Waals surface area contributed by atoms with Crippen LogP contribution in [0.15, 0.2) is 23.1 Å². The van der Waals surface area contributed by atoms with Crippen molar-refractivity contribution in [2.75, 3.05) is 18.4 Å². The van der Waals surface area contributed by atoms with E-state index < -0.39 is 44.2 Å². The lowest BCUT2D eigenvalue weighted by Gasteiger charge is -2.14. The number of alkyl halides is 3. The zero-order valence-corrected chi connectivity index (χ0v) is 11.6. The molecule has 0 aromatic heterocycles. The molecule has 0 saturated heterocycles. The predicted octanol–water partition coefficient (Wildman–Crippen LogP) is 1.67. The first-order valence-electron chi connectivity index (χ1n) is 5.71. The first kappa shape index (κ1) is 17.2. The van der Waals surface area contributed by atoms with Crippen LogP contribution < -0.4 is 10.6 Å². The monoisotopic (exact) mass is 328 g/mol. The number of hydrogen-bond acceptors (Lipinski definition) is 4. The van der Waals surface area contributed by atoms with Gasteiger partial charge in [0.1, 0.15) is 10.7 Å². The van der Waals surface area contributed by atoms with Crippen LogP contribution in [0.3, 0.4) is 0 Å². The fraction of sp³-hybridized carbons (Fsp3) is 0.364. The molecule has 118 valence electrons. The summed E-state index contributed by atoms with van der Waals surface area (Å²) in [6.45, 7) is 1.49. The molecule has 0 spiro atoms. The number of nitrogens with one attached hydrogen (secondary N) is 2. The summed E-state index contributed by atoms with van der Waals surface area (Å²) in [5.41, 5.74) is -6.07. The molecule has 1 amide bonds. The number of carbonyl (C=O) groups excluding carboxylic acids is 1. The first-order chi connectivity index (χ1) is 9.59. The van der Waals surface area contributed by atoms with Crippen molar-refractivity contribution in [3.63, 3.8) is 0 Å². The Morgan fingerprint density at radius 2 is 1.90 bits per heavy atom. The molecule has 0 unspecified atom stereocenters. The number of sulfone groups is 1. The Hall–Kier alpha value is -1.84. The average molecular weight is 328 g/mol. The highest BCUT2D eigenvalue weighted by atomic mass is 32.2. The molecule has 1 aromatic carbocycles. The smallest absolute Gasteiger partial charge is 0.375 e. The van der Waals surface area contributed by atoms with Crippen LogP contribution in [0.25, 0.3) is 0 Å². The SMILES string of the molecule is CCNC(=O)CNc1ccc(F)cc1S(=O)(=O)C(F)(F)F. The van der Waals surface area contributed by atoms with Crippen LogP contribution in [0.4, 0.5) is 23.2 Å². The molecule has 0 atom stereocenters. The van der Waals surface area contributed by atoms with Gasteiger partial charge in [-0.3, -0.25) is 4.79 Å². The van der Waals surface area contributed by atoms with Crippen LogP contribution in [-0.2, 0) is 14.6 Å². The number of amides is 1. The number of anilines is 1. The van der Waals surface area contributed by atoms with E-state index in [4.69, 9.17) is 0 Å². The lowest BCUT2D eigenvalue weighted by molar-refractivity contribution is -0.119. The minimum atomic E-state index is -5.72. The van der Waals surface area contributed by atoms with Crippen LogP contribution in [0.2, 0.25) is 0 Å². The normalized spacial score (nSPS) is 12.0. The van der Waals surface area contributed by atoms with Gasteiger partial charge < -0.3 is 10.6 Å². The Labute approximate surface area is 118 Å². The summed E-state index contributed by atoms with van der Waals surface area (Å²) in [6, 6.07) is 1.87. The summed E-state index contributed by atoms with van der Waals surface area (Å²) < 4.78 is 73.4. The van der Waals surface area contributed by atoms with Crippen molar-refractivity contribution in [2.24, 2.45) is 0 Å². The molecule has 10 heteroatoms. The van der Waals surface area contributed by atoms with Crippen molar-refractivity contribution >= 4 is 21.4 Å². The standard InChI is InChI=1S/C11H12F4N2O3S/c1-2-16-10(18)6-17-8-4-3-7(12)5-9(8)21(19,20)11(13,14)15/h3-5,17H,2,6H2,1H3,(H,16,18). The molecule has 0 bridgehead atoms. The molecule has 0 aliphatic rings. The van der Waals surface area contributed by atoms with Crippen molar-refractivity contribution in [2.45, 2.75) is 17.3 Å². The largest absolute Gasteiger partial charge is 0.501 e. The summed E-state index contributed by atoms with van der Waals surface area (Å²) in [5.74, 6) is -1.68. The maximum atomic E-state index is 13.0. The maximum Gasteiger partial charge on any atom is 0.501 e. The van der Waals surface area contributed by atoms with Crippen LogP contribution in [0, 0.1) is 5.82 Å². The zero-order chi connectivity index (χ0) is 16.3. The van der Waals surface area contributed by atoms with Gasteiger partial charge in [0.05, 0.1) is 12.2 Å². The minimum absolute atomic E-state index is 0.253. The average Bonchev–Trinajstić information content (AvgIpc) is 2.36. The molecule has 1 rings (SSSR count). The molecule has 21 heavy (non-hydrogen) atoms. The highest BCUT2D eigenvalue weighted by molar-refractivity contribution is 7.92. The number of halogens is 4. The van der Waals surface area contributed by atoms with E-state index >= 15 is 0 Å². The second-order valence-corrected chi connectivity index (χ2v) is 5.81. The number of likely N-dealkylation sites (N-methyl/N-ethyl adjacent to an activating group) is 1. The number of carbonyl (C=O) groups is 1. The molecule has 0 aliphatic carbocycles. The fourth-order valence-corrected chi connectivity index (χ4v) is 2.37. The van der Waals surface area contributed by atoms with Gasteiger partial charge in [0.15, 0.2) is 0 Å². The van der Waals surface area contributed by atoms with E-state index in [1.165, 1.54) is 0 Å². The molecule has 5 nitrogen and oxygen atoms in total. The van der Waals surface area contributed by atoms with E-state index in [2.05, 4.69) is 10.6 Å². The van der Waals surface area contributed by atoms with Crippen LogP contribution in [0.5, 0.6) is 0 Å². The molecule has 2 N–H and O–H groups in total. The lowest BCUT2D eigenvalue weighted by atomic mass is 10.3. The van der Waals surface area contributed by atoms with Gasteiger partial charge in [0.25, 0.3) is 9.84 Å². The summed E-state index contributed by atoms with van der Waals surface area (Å²) in [7, 11) is -5.72. The van der Waals surface area contributed by atoms with Crippen LogP contribution in [-0.4, -0.2) is 32.9 Å². The number of benzene rings is 1. The molecule has 0 radical (unpaired) electrons. The summed E-state index contributed by atoms with van der Waals surface area (Å²) >= 11 is 0. The molecular weight excluding hydrogens is 316 g/mol. The van der Waals surface area contributed by atoms with Crippen molar-refractivity contribution in [1.29, 1.82) is 0 Å². The van der Waals surface area contributed by atoms with E-state index in [0.29, 0.717) is 6.54 Å². The topological polar surface area (TPSA) is 75.3 Å². The Bertz CT molecular complexity index is 629. The third kappa shape index (κ3) is 4.06. The summed E-state index contributed by atoms with van der Waals surface area (Å²) in [6.07, 6.45) is 0. The van der Waals surface area contributed by atoms with Gasteiger partial charge in [0, 0.05) is 6.54 Å². The fourth-order valence-electron chi connectivity index (χ4n) is 1.42. The number of rotatable bonds is 5. The van der Waals surface area contributed by atoms with E-state index in [-0.39, 0.29) is 6.07 Å². The van der Waals surface area contributed by atoms with Crippen LogP contribution in [0.1, 0.15) is 6.92 Å². The van der Waals surface area contributed by atoms with E-state index in [0.717, 1.165) is 12.1 Å². The Morgan fingerprint density at radius 1 is 1.29 bits per heavy atom. The van der Waals surface area contributed by atoms with Crippen molar-refractivity contribution in [3.05, 3.63) is 24.0 Å². The minimum Gasteiger partial charge on any atom is -0.375 e. The molecule has 0 fully saturated rings. The van der Waals surface area contributed by atoms with Gasteiger partial charge in [-0.2, -0.15) is 13.2 Å².